The number of urea groups is 2. The van der Waals surface area contributed by atoms with Crippen LogP contribution in [0, 0.1) is 0 Å². The highest BCUT2D eigenvalue weighted by molar-refractivity contribution is 5.91. The van der Waals surface area contributed by atoms with Crippen molar-refractivity contribution in [3.63, 3.8) is 0 Å². The summed E-state index contributed by atoms with van der Waals surface area (Å²) in [5.74, 6) is -1.54. The standard InChI is InChI=1S/C32H58N6O10/c1-3-5-7-9-13-33-31(41)35-45-25-27(23-37-15-19-43-20-16-37)47-29(39)11-12-30(40)48-28(24-38-17-21-44-22-18-38)26-46-36-32(42)34-14-10-8-6-4-2/h11-12,27-28H,3-10,13-26H2,1-2H3,(H2,33,35,41)(H2,34,36,42)/b12-11-. The number of ether oxygens (including phenoxy) is 4. The second-order valence-corrected chi connectivity index (χ2v) is 11.7. The van der Waals surface area contributed by atoms with Crippen molar-refractivity contribution in [3.05, 3.63) is 12.2 Å². The van der Waals surface area contributed by atoms with Crippen molar-refractivity contribution < 1.29 is 47.8 Å². The number of carbonyl (C=O) groups excluding carboxylic acids is 4. The van der Waals surface area contributed by atoms with Gasteiger partial charge in [0.25, 0.3) is 0 Å². The number of morpholine rings is 2. The number of rotatable bonds is 24. The highest BCUT2D eigenvalue weighted by Gasteiger charge is 2.23. The molecule has 2 aliphatic rings. The summed E-state index contributed by atoms with van der Waals surface area (Å²) in [6.45, 7) is 10.7. The molecule has 2 rings (SSSR count). The minimum atomic E-state index is -0.771. The number of carbonyl (C=O) groups is 4. The van der Waals surface area contributed by atoms with Gasteiger partial charge in [0.1, 0.15) is 25.4 Å². The van der Waals surface area contributed by atoms with Gasteiger partial charge >= 0.3 is 24.0 Å². The first-order valence-electron chi connectivity index (χ1n) is 17.4. The third-order valence-electron chi connectivity index (χ3n) is 7.55. The maximum atomic E-state index is 12.7. The lowest BCUT2D eigenvalue weighted by molar-refractivity contribution is -0.152. The number of hydrogen-bond donors (Lipinski definition) is 4. The molecule has 48 heavy (non-hydrogen) atoms. The number of nitrogens with one attached hydrogen (secondary N) is 4. The van der Waals surface area contributed by atoms with E-state index >= 15 is 0 Å². The number of unbranched alkanes of at least 4 members (excludes halogenated alkanes) is 6. The lowest BCUT2D eigenvalue weighted by atomic mass is 10.2. The van der Waals surface area contributed by atoms with Crippen LogP contribution in [0.2, 0.25) is 0 Å². The molecule has 0 radical (unpaired) electrons. The van der Waals surface area contributed by atoms with Crippen molar-refractivity contribution in [2.24, 2.45) is 0 Å². The fourth-order valence-electron chi connectivity index (χ4n) is 4.91. The monoisotopic (exact) mass is 686 g/mol. The second kappa shape index (κ2) is 26.9. The van der Waals surface area contributed by atoms with E-state index in [1.807, 2.05) is 0 Å². The fourth-order valence-corrected chi connectivity index (χ4v) is 4.91. The van der Waals surface area contributed by atoms with E-state index in [4.69, 9.17) is 28.6 Å². The Kier molecular flexibility index (Phi) is 23.0. The Bertz CT molecular complexity index is 859. The molecular weight excluding hydrogens is 628 g/mol. The Hall–Kier alpha value is -3.02. The zero-order chi connectivity index (χ0) is 34.7. The van der Waals surface area contributed by atoms with Crippen LogP contribution in [0.3, 0.4) is 0 Å². The summed E-state index contributed by atoms with van der Waals surface area (Å²) in [5, 5.41) is 5.46. The lowest BCUT2D eigenvalue weighted by Gasteiger charge is -2.30. The van der Waals surface area contributed by atoms with Crippen LogP contribution in [0.1, 0.15) is 65.2 Å². The molecule has 0 aromatic rings. The lowest BCUT2D eigenvalue weighted by Crippen LogP contribution is -2.45. The molecule has 16 heteroatoms. The van der Waals surface area contributed by atoms with Crippen LogP contribution in [-0.2, 0) is 38.2 Å². The molecule has 0 saturated carbocycles. The first kappa shape index (κ1) is 41.2. The molecule has 0 aromatic carbocycles. The normalized spacial score (nSPS) is 17.0. The molecule has 2 atom stereocenters. The third-order valence-corrected chi connectivity index (χ3v) is 7.55. The quantitative estimate of drug-likeness (QED) is 0.0501. The molecule has 4 N–H and O–H groups in total. The van der Waals surface area contributed by atoms with Gasteiger partial charge in [-0.15, -0.1) is 0 Å². The molecular formula is C32H58N6O10. The Morgan fingerprint density at radius 1 is 0.625 bits per heavy atom. The minimum Gasteiger partial charge on any atom is -0.455 e. The first-order chi connectivity index (χ1) is 23.4. The van der Waals surface area contributed by atoms with E-state index in [1.54, 1.807) is 0 Å². The van der Waals surface area contributed by atoms with E-state index in [0.29, 0.717) is 78.8 Å². The van der Waals surface area contributed by atoms with Crippen LogP contribution >= 0.6 is 0 Å². The molecule has 4 amide bonds. The summed E-state index contributed by atoms with van der Waals surface area (Å²) >= 11 is 0. The molecule has 0 spiro atoms. The largest absolute Gasteiger partial charge is 0.455 e. The van der Waals surface area contributed by atoms with Gasteiger partial charge in [-0.1, -0.05) is 52.4 Å². The summed E-state index contributed by atoms with van der Waals surface area (Å²) in [6, 6.07) is -0.945. The van der Waals surface area contributed by atoms with Crippen molar-refractivity contribution >= 4 is 24.0 Å². The number of hydrogen-bond acceptors (Lipinski definition) is 12. The van der Waals surface area contributed by atoms with Crippen LogP contribution in [-0.4, -0.2) is 138 Å². The SMILES string of the molecule is CCCCCCNC(=O)NOCC(CN1CCOCC1)OC(=O)/C=C\C(=O)OC(CONC(=O)NCCCCCC)CN1CCOCC1. The van der Waals surface area contributed by atoms with Crippen LogP contribution in [0.5, 0.6) is 0 Å². The molecule has 2 heterocycles. The van der Waals surface area contributed by atoms with Crippen molar-refractivity contribution in [2.75, 3.05) is 92.0 Å². The fraction of sp³-hybridized carbons (Fsp3) is 0.812. The van der Waals surface area contributed by atoms with E-state index in [1.165, 1.54) is 0 Å². The number of nitrogens with zero attached hydrogens (tertiary/aromatic N) is 2. The maximum absolute atomic E-state index is 12.7. The summed E-state index contributed by atoms with van der Waals surface area (Å²) in [7, 11) is 0. The van der Waals surface area contributed by atoms with Crippen LogP contribution < -0.4 is 21.6 Å². The zero-order valence-electron chi connectivity index (χ0n) is 28.8. The number of hydroxylamine groups is 2. The Morgan fingerprint density at radius 3 is 1.40 bits per heavy atom. The van der Waals surface area contributed by atoms with Crippen molar-refractivity contribution in [1.29, 1.82) is 0 Å². The van der Waals surface area contributed by atoms with Gasteiger partial charge in [0.2, 0.25) is 0 Å². The average Bonchev–Trinajstić information content (AvgIpc) is 3.08. The molecule has 2 fully saturated rings. The summed E-state index contributed by atoms with van der Waals surface area (Å²) in [4.78, 5) is 64.3. The van der Waals surface area contributed by atoms with Gasteiger partial charge in [-0.05, 0) is 12.8 Å². The Balaban J connectivity index is 1.84. The molecule has 0 aliphatic carbocycles. The van der Waals surface area contributed by atoms with Crippen LogP contribution in [0.25, 0.3) is 0 Å². The highest BCUT2D eigenvalue weighted by atomic mass is 16.7. The topological polar surface area (TPSA) is 178 Å². The molecule has 0 aromatic heterocycles. The predicted octanol–water partition coefficient (Wildman–Crippen LogP) is 1.65. The van der Waals surface area contributed by atoms with Crippen molar-refractivity contribution in [3.8, 4) is 0 Å². The first-order valence-corrected chi connectivity index (χ1v) is 17.4. The van der Waals surface area contributed by atoms with Gasteiger partial charge in [0, 0.05) is 64.5 Å². The van der Waals surface area contributed by atoms with Crippen LogP contribution in [0.4, 0.5) is 9.59 Å². The van der Waals surface area contributed by atoms with E-state index in [-0.39, 0.29) is 13.2 Å². The average molecular weight is 687 g/mol. The zero-order valence-corrected chi connectivity index (χ0v) is 28.8. The molecule has 2 saturated heterocycles. The molecule has 0 bridgehead atoms. The van der Waals surface area contributed by atoms with E-state index < -0.39 is 36.2 Å². The van der Waals surface area contributed by atoms with Gasteiger partial charge in [-0.2, -0.15) is 0 Å². The number of esters is 2. The summed E-state index contributed by atoms with van der Waals surface area (Å²) in [5.41, 5.74) is 4.66. The number of amides is 4. The molecule has 2 aliphatic heterocycles. The Morgan fingerprint density at radius 2 is 1.02 bits per heavy atom. The summed E-state index contributed by atoms with van der Waals surface area (Å²) < 4.78 is 21.9. The van der Waals surface area contributed by atoms with Gasteiger partial charge < -0.3 is 29.6 Å². The molecule has 276 valence electrons. The van der Waals surface area contributed by atoms with E-state index in [0.717, 1.165) is 63.5 Å². The van der Waals surface area contributed by atoms with Crippen LogP contribution in [0.15, 0.2) is 12.2 Å². The summed E-state index contributed by atoms with van der Waals surface area (Å²) in [6.07, 6.45) is 8.78. The van der Waals surface area contributed by atoms with Gasteiger partial charge in [-0.25, -0.2) is 30.1 Å². The van der Waals surface area contributed by atoms with Crippen molar-refractivity contribution in [2.45, 2.75) is 77.4 Å². The predicted molar refractivity (Wildman–Crippen MR) is 177 cm³/mol. The van der Waals surface area contributed by atoms with E-state index in [9.17, 15) is 19.2 Å². The molecule has 16 nitrogen and oxygen atoms in total. The van der Waals surface area contributed by atoms with E-state index in [2.05, 4.69) is 45.2 Å². The maximum Gasteiger partial charge on any atom is 0.338 e. The minimum absolute atomic E-state index is 0.0943. The van der Waals surface area contributed by atoms with Gasteiger partial charge in [-0.3, -0.25) is 19.5 Å². The second-order valence-electron chi connectivity index (χ2n) is 11.7. The Labute approximate surface area is 284 Å². The third kappa shape index (κ3) is 21.1. The van der Waals surface area contributed by atoms with Gasteiger partial charge in [0.05, 0.1) is 26.4 Å². The molecule has 2 unspecified atom stereocenters. The highest BCUT2D eigenvalue weighted by Crippen LogP contribution is 2.06. The van der Waals surface area contributed by atoms with Gasteiger partial charge in [0.15, 0.2) is 0 Å². The van der Waals surface area contributed by atoms with Crippen molar-refractivity contribution in [1.82, 2.24) is 31.4 Å². The smallest absolute Gasteiger partial charge is 0.338 e.